The van der Waals surface area contributed by atoms with Gasteiger partial charge in [-0.05, 0) is 56.7 Å². The van der Waals surface area contributed by atoms with Crippen molar-refractivity contribution in [1.82, 2.24) is 15.3 Å². The number of anilines is 1. The summed E-state index contributed by atoms with van der Waals surface area (Å²) >= 11 is 0. The van der Waals surface area contributed by atoms with Gasteiger partial charge in [-0.15, -0.1) is 0 Å². The van der Waals surface area contributed by atoms with Crippen molar-refractivity contribution in [3.63, 3.8) is 0 Å². The summed E-state index contributed by atoms with van der Waals surface area (Å²) in [6, 6.07) is 11.6. The summed E-state index contributed by atoms with van der Waals surface area (Å²) in [5, 5.41) is 13.0. The molecule has 0 unspecified atom stereocenters. The van der Waals surface area contributed by atoms with Crippen LogP contribution >= 0.6 is 0 Å². The standard InChI is InChI=1S/C24H24N4O2.C2HF3O2/c1-14-7-8-20-18(12-14)19(23(29)28-20)13-21-15(2)22(16(3)27-21)24(30)26-11-9-17-6-4-5-10-25-17;3-2(4,5)1(6)7/h4-8,10,12-13,27H,9,11H2,1-3H3,(H,26,30)(H,28,29);(H,6,7)/b19-13-;. The van der Waals surface area contributed by atoms with Gasteiger partial charge in [0.05, 0.1) is 11.1 Å². The normalized spacial score (nSPS) is 13.5. The molecule has 0 atom stereocenters. The van der Waals surface area contributed by atoms with E-state index in [-0.39, 0.29) is 11.8 Å². The van der Waals surface area contributed by atoms with Crippen molar-refractivity contribution >= 4 is 35.1 Å². The lowest BCUT2D eigenvalue weighted by Gasteiger charge is -2.06. The molecule has 2 amide bonds. The molecule has 8 nitrogen and oxygen atoms in total. The van der Waals surface area contributed by atoms with E-state index in [2.05, 4.69) is 20.6 Å². The molecule has 3 aromatic rings. The molecule has 11 heteroatoms. The quantitative estimate of drug-likeness (QED) is 0.375. The number of nitrogens with zero attached hydrogens (tertiary/aromatic N) is 1. The summed E-state index contributed by atoms with van der Waals surface area (Å²) in [5.41, 5.74) is 7.29. The van der Waals surface area contributed by atoms with Crippen LogP contribution < -0.4 is 10.6 Å². The molecule has 194 valence electrons. The van der Waals surface area contributed by atoms with Gasteiger partial charge in [-0.2, -0.15) is 13.2 Å². The van der Waals surface area contributed by atoms with E-state index in [1.807, 2.05) is 63.2 Å². The monoisotopic (exact) mass is 514 g/mol. The van der Waals surface area contributed by atoms with Gasteiger partial charge in [0.1, 0.15) is 0 Å². The molecule has 37 heavy (non-hydrogen) atoms. The molecule has 2 aromatic heterocycles. The van der Waals surface area contributed by atoms with Gasteiger partial charge in [0, 0.05) is 47.5 Å². The summed E-state index contributed by atoms with van der Waals surface area (Å²) < 4.78 is 31.7. The molecular formula is C26H25F3N4O4. The molecule has 1 aliphatic heterocycles. The molecule has 3 heterocycles. The summed E-state index contributed by atoms with van der Waals surface area (Å²) in [7, 11) is 0. The number of aliphatic carboxylic acids is 1. The van der Waals surface area contributed by atoms with Crippen molar-refractivity contribution in [3.05, 3.63) is 81.9 Å². The second-order valence-electron chi connectivity index (χ2n) is 8.35. The highest BCUT2D eigenvalue weighted by molar-refractivity contribution is 6.35. The Morgan fingerprint density at radius 2 is 1.84 bits per heavy atom. The van der Waals surface area contributed by atoms with Crippen molar-refractivity contribution in [2.45, 2.75) is 33.4 Å². The Bertz CT molecular complexity index is 1360. The number of alkyl halides is 3. The Morgan fingerprint density at radius 3 is 2.46 bits per heavy atom. The first-order chi connectivity index (χ1) is 17.4. The molecule has 1 aliphatic rings. The highest BCUT2D eigenvalue weighted by atomic mass is 19.4. The molecule has 0 aliphatic carbocycles. The van der Waals surface area contributed by atoms with Crippen LogP contribution in [0.5, 0.6) is 0 Å². The molecule has 0 fully saturated rings. The number of carbonyl (C=O) groups excluding carboxylic acids is 2. The molecule has 0 bridgehead atoms. The number of pyridine rings is 1. The Labute approximate surface area is 210 Å². The first-order valence-electron chi connectivity index (χ1n) is 11.2. The van der Waals surface area contributed by atoms with Crippen LogP contribution in [0.2, 0.25) is 0 Å². The van der Waals surface area contributed by atoms with Gasteiger partial charge < -0.3 is 20.7 Å². The first kappa shape index (κ1) is 27.2. The smallest absolute Gasteiger partial charge is 0.475 e. The van der Waals surface area contributed by atoms with E-state index in [0.29, 0.717) is 24.1 Å². The third-order valence-electron chi connectivity index (χ3n) is 5.59. The van der Waals surface area contributed by atoms with E-state index in [0.717, 1.165) is 39.5 Å². The van der Waals surface area contributed by atoms with Gasteiger partial charge in [-0.25, -0.2) is 4.79 Å². The summed E-state index contributed by atoms with van der Waals surface area (Å²) in [6.45, 7) is 6.27. The van der Waals surface area contributed by atoms with Crippen LogP contribution in [0.4, 0.5) is 18.9 Å². The maximum absolute atomic E-state index is 12.8. The third-order valence-corrected chi connectivity index (χ3v) is 5.59. The Balaban J connectivity index is 0.000000479. The topological polar surface area (TPSA) is 124 Å². The van der Waals surface area contributed by atoms with Crippen molar-refractivity contribution in [2.75, 3.05) is 11.9 Å². The molecule has 0 spiro atoms. The predicted octanol–water partition coefficient (Wildman–Crippen LogP) is 4.43. The first-order valence-corrected chi connectivity index (χ1v) is 11.2. The van der Waals surface area contributed by atoms with Gasteiger partial charge in [0.15, 0.2) is 0 Å². The van der Waals surface area contributed by atoms with Gasteiger partial charge in [-0.3, -0.25) is 14.6 Å². The fourth-order valence-corrected chi connectivity index (χ4v) is 3.79. The minimum absolute atomic E-state index is 0.131. The average Bonchev–Trinajstić information content (AvgIpc) is 3.28. The van der Waals surface area contributed by atoms with Crippen LogP contribution in [0.25, 0.3) is 11.6 Å². The van der Waals surface area contributed by atoms with Gasteiger partial charge in [0.25, 0.3) is 11.8 Å². The maximum atomic E-state index is 12.8. The number of amides is 2. The van der Waals surface area contributed by atoms with Gasteiger partial charge >= 0.3 is 12.1 Å². The van der Waals surface area contributed by atoms with Crippen molar-refractivity contribution < 1.29 is 32.7 Å². The Hall–Kier alpha value is -4.41. The van der Waals surface area contributed by atoms with E-state index >= 15 is 0 Å². The van der Waals surface area contributed by atoms with Crippen LogP contribution in [0, 0.1) is 20.8 Å². The maximum Gasteiger partial charge on any atom is 0.490 e. The summed E-state index contributed by atoms with van der Waals surface area (Å²) in [4.78, 5) is 41.7. The minimum Gasteiger partial charge on any atom is -0.475 e. The Kier molecular flexibility index (Phi) is 8.16. The zero-order valence-corrected chi connectivity index (χ0v) is 20.3. The Morgan fingerprint density at radius 1 is 1.14 bits per heavy atom. The number of nitrogens with one attached hydrogen (secondary N) is 3. The van der Waals surface area contributed by atoms with E-state index in [4.69, 9.17) is 9.90 Å². The highest BCUT2D eigenvalue weighted by Gasteiger charge is 2.38. The fraction of sp³-hybridized carbons (Fsp3) is 0.231. The molecule has 0 radical (unpaired) electrons. The van der Waals surface area contributed by atoms with E-state index in [1.54, 1.807) is 6.20 Å². The largest absolute Gasteiger partial charge is 0.490 e. The number of H-pyrrole nitrogens is 1. The number of rotatable bonds is 5. The van der Waals surface area contributed by atoms with Crippen LogP contribution in [0.15, 0.2) is 42.6 Å². The fourth-order valence-electron chi connectivity index (χ4n) is 3.79. The van der Waals surface area contributed by atoms with E-state index in [1.165, 1.54) is 0 Å². The SMILES string of the molecule is Cc1ccc2c(c1)/C(=C/c1[nH]c(C)c(C(=O)NCCc3ccccn3)c1C)C(=O)N2.O=C(O)C(F)(F)F. The predicted molar refractivity (Wildman–Crippen MR) is 132 cm³/mol. The van der Waals surface area contributed by atoms with Gasteiger partial charge in [-0.1, -0.05) is 17.7 Å². The van der Waals surface area contributed by atoms with Crippen LogP contribution in [0.3, 0.4) is 0 Å². The number of hydrogen-bond donors (Lipinski definition) is 4. The number of halogens is 3. The number of carboxylic acid groups (broad SMARTS) is 1. The number of hydrogen-bond acceptors (Lipinski definition) is 4. The summed E-state index contributed by atoms with van der Waals surface area (Å²) in [6.07, 6.45) is -0.841. The second kappa shape index (κ2) is 11.1. The van der Waals surface area contributed by atoms with Crippen molar-refractivity contribution in [3.8, 4) is 0 Å². The second-order valence-corrected chi connectivity index (χ2v) is 8.35. The highest BCUT2D eigenvalue weighted by Crippen LogP contribution is 2.34. The number of carboxylic acids is 1. The zero-order chi connectivity index (χ0) is 27.3. The van der Waals surface area contributed by atoms with Crippen LogP contribution in [0.1, 0.15) is 44.1 Å². The summed E-state index contributed by atoms with van der Waals surface area (Å²) in [5.74, 6) is -3.02. The van der Waals surface area contributed by atoms with Gasteiger partial charge in [0.2, 0.25) is 0 Å². The van der Waals surface area contributed by atoms with Crippen molar-refractivity contribution in [1.29, 1.82) is 0 Å². The molecule has 4 N–H and O–H groups in total. The molecule has 4 rings (SSSR count). The van der Waals surface area contributed by atoms with Crippen LogP contribution in [-0.2, 0) is 16.0 Å². The van der Waals surface area contributed by atoms with Crippen LogP contribution in [-0.4, -0.2) is 45.6 Å². The molecule has 0 saturated carbocycles. The van der Waals surface area contributed by atoms with E-state index in [9.17, 15) is 22.8 Å². The average molecular weight is 515 g/mol. The van der Waals surface area contributed by atoms with E-state index < -0.39 is 12.1 Å². The number of aromatic nitrogens is 2. The third kappa shape index (κ3) is 6.63. The molecule has 0 saturated heterocycles. The minimum atomic E-state index is -5.08. The molecule has 1 aromatic carbocycles. The lowest BCUT2D eigenvalue weighted by atomic mass is 10.0. The zero-order valence-electron chi connectivity index (χ0n) is 20.3. The number of benzene rings is 1. The lowest BCUT2D eigenvalue weighted by Crippen LogP contribution is -2.26. The molecular weight excluding hydrogens is 489 g/mol. The van der Waals surface area contributed by atoms with Crippen molar-refractivity contribution in [2.24, 2.45) is 0 Å². The number of aromatic amines is 1. The number of fused-ring (bicyclic) bond motifs is 1. The lowest BCUT2D eigenvalue weighted by molar-refractivity contribution is -0.192. The number of carbonyl (C=O) groups is 3. The number of aryl methyl sites for hydroxylation is 2.